The first-order valence-electron chi connectivity index (χ1n) is 8.41. The molecule has 3 aromatic rings. The first-order valence-corrected chi connectivity index (χ1v) is 8.41. The summed E-state index contributed by atoms with van der Waals surface area (Å²) in [7, 11) is 0. The van der Waals surface area contributed by atoms with Gasteiger partial charge in [0, 0.05) is 6.04 Å². The molecule has 7 nitrogen and oxygen atoms in total. The number of anilines is 1. The molecule has 0 radical (unpaired) electrons. The number of hydrogen-bond donors (Lipinski definition) is 1. The molecule has 0 saturated heterocycles. The lowest BCUT2D eigenvalue weighted by Gasteiger charge is -2.11. The van der Waals surface area contributed by atoms with Gasteiger partial charge in [-0.3, -0.25) is 0 Å². The van der Waals surface area contributed by atoms with Crippen LogP contribution in [0.4, 0.5) is 5.95 Å². The van der Waals surface area contributed by atoms with Crippen molar-refractivity contribution < 1.29 is 4.74 Å². The molecule has 0 amide bonds. The highest BCUT2D eigenvalue weighted by molar-refractivity contribution is 5.72. The molecule has 1 aliphatic rings. The molecule has 4 rings (SSSR count). The maximum atomic E-state index is 5.48. The largest absolute Gasteiger partial charge is 0.494 e. The van der Waals surface area contributed by atoms with E-state index < -0.39 is 0 Å². The van der Waals surface area contributed by atoms with Crippen molar-refractivity contribution in [2.45, 2.75) is 38.6 Å². The minimum atomic E-state index is 0.470. The summed E-state index contributed by atoms with van der Waals surface area (Å²) in [5, 5.41) is 11.8. The molecule has 2 heterocycles. The monoisotopic (exact) mass is 324 g/mol. The van der Waals surface area contributed by atoms with E-state index in [0.29, 0.717) is 29.8 Å². The molecule has 0 spiro atoms. The normalized spacial score (nSPS) is 15.0. The predicted molar refractivity (Wildman–Crippen MR) is 91.5 cm³/mol. The fourth-order valence-electron chi connectivity index (χ4n) is 3.07. The van der Waals surface area contributed by atoms with Gasteiger partial charge in [-0.05, 0) is 44.0 Å². The van der Waals surface area contributed by atoms with Gasteiger partial charge in [0.25, 0.3) is 0 Å². The molecule has 124 valence electrons. The minimum absolute atomic E-state index is 0.470. The van der Waals surface area contributed by atoms with Gasteiger partial charge in [-0.1, -0.05) is 18.1 Å². The molecule has 0 atom stereocenters. The summed E-state index contributed by atoms with van der Waals surface area (Å²) in [5.41, 5.74) is 2.28. The third kappa shape index (κ3) is 2.89. The number of nitrogens with one attached hydrogen (secondary N) is 1. The Labute approximate surface area is 140 Å². The summed E-state index contributed by atoms with van der Waals surface area (Å²) >= 11 is 0. The maximum Gasteiger partial charge on any atom is 0.225 e. The molecule has 0 aliphatic heterocycles. The number of aromatic nitrogens is 5. The fraction of sp³-hybridized carbons (Fsp3) is 0.412. The lowest BCUT2D eigenvalue weighted by Crippen LogP contribution is -2.16. The second-order valence-corrected chi connectivity index (χ2v) is 5.96. The summed E-state index contributed by atoms with van der Waals surface area (Å²) in [4.78, 5) is 8.98. The van der Waals surface area contributed by atoms with E-state index in [1.807, 2.05) is 31.2 Å². The molecule has 7 heteroatoms. The van der Waals surface area contributed by atoms with E-state index in [9.17, 15) is 0 Å². The Kier molecular flexibility index (Phi) is 3.98. The Balaban J connectivity index is 1.64. The number of fused-ring (bicyclic) bond motifs is 1. The third-order valence-corrected chi connectivity index (χ3v) is 4.27. The van der Waals surface area contributed by atoms with Crippen molar-refractivity contribution in [3.8, 4) is 11.4 Å². The van der Waals surface area contributed by atoms with Crippen molar-refractivity contribution in [2.24, 2.45) is 0 Å². The van der Waals surface area contributed by atoms with Crippen molar-refractivity contribution in [1.82, 2.24) is 25.0 Å². The summed E-state index contributed by atoms with van der Waals surface area (Å²) in [6.07, 6.45) is 6.62. The third-order valence-electron chi connectivity index (χ3n) is 4.27. The molecule has 24 heavy (non-hydrogen) atoms. The molecule has 1 saturated carbocycles. The van der Waals surface area contributed by atoms with Crippen LogP contribution in [-0.2, 0) is 0 Å². The highest BCUT2D eigenvalue weighted by Crippen LogP contribution is 2.22. The Morgan fingerprint density at radius 1 is 1.21 bits per heavy atom. The van der Waals surface area contributed by atoms with Crippen LogP contribution in [0.1, 0.15) is 32.6 Å². The van der Waals surface area contributed by atoms with Gasteiger partial charge >= 0.3 is 0 Å². The van der Waals surface area contributed by atoms with Crippen molar-refractivity contribution >= 4 is 17.1 Å². The van der Waals surface area contributed by atoms with E-state index in [1.165, 1.54) is 25.7 Å². The van der Waals surface area contributed by atoms with Gasteiger partial charge in [-0.25, -0.2) is 4.98 Å². The van der Waals surface area contributed by atoms with E-state index in [4.69, 9.17) is 4.74 Å². The van der Waals surface area contributed by atoms with Crippen molar-refractivity contribution in [1.29, 1.82) is 0 Å². The highest BCUT2D eigenvalue weighted by Gasteiger charge is 2.17. The molecule has 0 bridgehead atoms. The molecule has 1 aromatic carbocycles. The van der Waals surface area contributed by atoms with Crippen molar-refractivity contribution in [3.63, 3.8) is 0 Å². The van der Waals surface area contributed by atoms with Crippen LogP contribution in [-0.4, -0.2) is 37.6 Å². The van der Waals surface area contributed by atoms with Crippen LogP contribution in [0, 0.1) is 0 Å². The molecule has 1 fully saturated rings. The van der Waals surface area contributed by atoms with Crippen LogP contribution in [0.25, 0.3) is 16.9 Å². The molecule has 0 unspecified atom stereocenters. The second kappa shape index (κ2) is 6.43. The Morgan fingerprint density at radius 3 is 2.75 bits per heavy atom. The standard InChI is InChI=1S/C17H20N6O/c1-2-24-14-9-7-13(8-10-14)23-16-15(21-22-23)11-18-17(20-16)19-12-5-3-4-6-12/h7-12H,2-6H2,1H3,(H,18,19,20). The zero-order valence-electron chi connectivity index (χ0n) is 13.6. The van der Waals surface area contributed by atoms with Gasteiger partial charge in [0.15, 0.2) is 11.2 Å². The van der Waals surface area contributed by atoms with Crippen molar-refractivity contribution in [2.75, 3.05) is 11.9 Å². The number of ether oxygens (including phenoxy) is 1. The summed E-state index contributed by atoms with van der Waals surface area (Å²) in [6, 6.07) is 8.21. The highest BCUT2D eigenvalue weighted by atomic mass is 16.5. The molecule has 2 aromatic heterocycles. The zero-order chi connectivity index (χ0) is 16.4. The molecule has 1 N–H and O–H groups in total. The van der Waals surface area contributed by atoms with Crippen LogP contribution in [0.15, 0.2) is 30.5 Å². The van der Waals surface area contributed by atoms with E-state index in [2.05, 4.69) is 25.6 Å². The smallest absolute Gasteiger partial charge is 0.225 e. The minimum Gasteiger partial charge on any atom is -0.494 e. The van der Waals surface area contributed by atoms with Gasteiger partial charge in [0.05, 0.1) is 18.5 Å². The van der Waals surface area contributed by atoms with Gasteiger partial charge in [0.1, 0.15) is 5.75 Å². The first-order chi connectivity index (χ1) is 11.8. The van der Waals surface area contributed by atoms with E-state index >= 15 is 0 Å². The number of rotatable bonds is 5. The van der Waals surface area contributed by atoms with Gasteiger partial charge in [-0.2, -0.15) is 9.67 Å². The summed E-state index contributed by atoms with van der Waals surface area (Å²) in [6.45, 7) is 2.61. The molecule has 1 aliphatic carbocycles. The lowest BCUT2D eigenvalue weighted by molar-refractivity contribution is 0.340. The summed E-state index contributed by atoms with van der Waals surface area (Å²) < 4.78 is 7.21. The van der Waals surface area contributed by atoms with E-state index in [1.54, 1.807) is 10.9 Å². The van der Waals surface area contributed by atoms with E-state index in [-0.39, 0.29) is 0 Å². The average molecular weight is 324 g/mol. The average Bonchev–Trinajstić information content (AvgIpc) is 3.25. The predicted octanol–water partition coefficient (Wildman–Crippen LogP) is 2.96. The second-order valence-electron chi connectivity index (χ2n) is 5.96. The summed E-state index contributed by atoms with van der Waals surface area (Å²) in [5.74, 6) is 1.48. The maximum absolute atomic E-state index is 5.48. The van der Waals surface area contributed by atoms with Crippen LogP contribution < -0.4 is 10.1 Å². The Morgan fingerprint density at radius 2 is 2.00 bits per heavy atom. The van der Waals surface area contributed by atoms with Crippen LogP contribution in [0.2, 0.25) is 0 Å². The number of benzene rings is 1. The molecular formula is C17H20N6O. The molecular weight excluding hydrogens is 304 g/mol. The van der Waals surface area contributed by atoms with Gasteiger partial charge in [-0.15, -0.1) is 5.10 Å². The Bertz CT molecular complexity index is 823. The number of nitrogens with zero attached hydrogens (tertiary/aromatic N) is 5. The lowest BCUT2D eigenvalue weighted by atomic mass is 10.2. The Hall–Kier alpha value is -2.70. The van der Waals surface area contributed by atoms with Crippen LogP contribution >= 0.6 is 0 Å². The van der Waals surface area contributed by atoms with Gasteiger partial charge in [0.2, 0.25) is 5.95 Å². The SMILES string of the molecule is CCOc1ccc(-n2nnc3cnc(NC4CCCC4)nc32)cc1. The topological polar surface area (TPSA) is 77.8 Å². The van der Waals surface area contributed by atoms with Gasteiger partial charge < -0.3 is 10.1 Å². The zero-order valence-corrected chi connectivity index (χ0v) is 13.6. The fourth-order valence-corrected chi connectivity index (χ4v) is 3.07. The first kappa shape index (κ1) is 14.9. The van der Waals surface area contributed by atoms with E-state index in [0.717, 1.165) is 11.4 Å². The van der Waals surface area contributed by atoms with Crippen LogP contribution in [0.3, 0.4) is 0 Å². The van der Waals surface area contributed by atoms with Crippen LogP contribution in [0.5, 0.6) is 5.75 Å². The quantitative estimate of drug-likeness (QED) is 0.777. The van der Waals surface area contributed by atoms with Crippen molar-refractivity contribution in [3.05, 3.63) is 30.5 Å². The number of hydrogen-bond acceptors (Lipinski definition) is 6.